The predicted molar refractivity (Wildman–Crippen MR) is 46.0 cm³/mol. The minimum Gasteiger partial charge on any atom is -0.411 e. The molecular formula is C9H17NO. The third-order valence-electron chi connectivity index (χ3n) is 2.42. The molecule has 2 heteroatoms. The molecule has 0 aromatic carbocycles. The first-order valence-corrected chi connectivity index (χ1v) is 4.30. The van der Waals surface area contributed by atoms with Crippen molar-refractivity contribution in [2.75, 3.05) is 0 Å². The van der Waals surface area contributed by atoms with Gasteiger partial charge in [0.25, 0.3) is 0 Å². The molecule has 1 saturated carbocycles. The minimum atomic E-state index is 0.249. The molecule has 11 heavy (non-hydrogen) atoms. The van der Waals surface area contributed by atoms with Crippen LogP contribution >= 0.6 is 0 Å². The standard InChI is InChI=1S/C9H17NO/c1-7(2)6-8(10-11)9(3)4-5-9/h7,11H,4-6H2,1-3H3. The van der Waals surface area contributed by atoms with Crippen LogP contribution in [0.1, 0.15) is 40.0 Å². The van der Waals surface area contributed by atoms with Crippen molar-refractivity contribution in [2.45, 2.75) is 40.0 Å². The van der Waals surface area contributed by atoms with Crippen LogP contribution in [-0.2, 0) is 0 Å². The highest BCUT2D eigenvalue weighted by Crippen LogP contribution is 2.47. The van der Waals surface area contributed by atoms with Gasteiger partial charge in [-0.3, -0.25) is 0 Å². The fraction of sp³-hybridized carbons (Fsp3) is 0.889. The molecule has 0 aromatic heterocycles. The average molecular weight is 155 g/mol. The molecule has 0 radical (unpaired) electrons. The molecule has 0 aromatic rings. The molecule has 1 rings (SSSR count). The summed E-state index contributed by atoms with van der Waals surface area (Å²) < 4.78 is 0. The second-order valence-corrected chi connectivity index (χ2v) is 4.21. The number of hydrogen-bond acceptors (Lipinski definition) is 2. The topological polar surface area (TPSA) is 32.6 Å². The van der Waals surface area contributed by atoms with Gasteiger partial charge in [0.15, 0.2) is 0 Å². The van der Waals surface area contributed by atoms with Crippen molar-refractivity contribution in [2.24, 2.45) is 16.5 Å². The van der Waals surface area contributed by atoms with Gasteiger partial charge in [-0.25, -0.2) is 0 Å². The summed E-state index contributed by atoms with van der Waals surface area (Å²) in [6, 6.07) is 0. The van der Waals surface area contributed by atoms with Crippen molar-refractivity contribution in [3.05, 3.63) is 0 Å². The van der Waals surface area contributed by atoms with Crippen LogP contribution in [0.5, 0.6) is 0 Å². The molecule has 1 N–H and O–H groups in total. The zero-order valence-corrected chi connectivity index (χ0v) is 7.59. The lowest BCUT2D eigenvalue weighted by molar-refractivity contribution is 0.311. The van der Waals surface area contributed by atoms with Crippen LogP contribution in [0.2, 0.25) is 0 Å². The van der Waals surface area contributed by atoms with Gasteiger partial charge in [0.2, 0.25) is 0 Å². The summed E-state index contributed by atoms with van der Waals surface area (Å²) in [7, 11) is 0. The molecule has 1 aliphatic carbocycles. The summed E-state index contributed by atoms with van der Waals surface area (Å²) >= 11 is 0. The Morgan fingerprint density at radius 2 is 2.09 bits per heavy atom. The molecule has 0 spiro atoms. The molecule has 1 aliphatic rings. The van der Waals surface area contributed by atoms with Crippen LogP contribution in [0.15, 0.2) is 5.16 Å². The molecule has 0 saturated heterocycles. The highest BCUT2D eigenvalue weighted by molar-refractivity contribution is 5.91. The van der Waals surface area contributed by atoms with E-state index in [9.17, 15) is 0 Å². The number of oxime groups is 1. The van der Waals surface area contributed by atoms with Crippen molar-refractivity contribution in [1.82, 2.24) is 0 Å². The molecule has 0 aliphatic heterocycles. The average Bonchev–Trinajstić information content (AvgIpc) is 2.63. The first kappa shape index (κ1) is 8.57. The van der Waals surface area contributed by atoms with Crippen molar-refractivity contribution in [3.63, 3.8) is 0 Å². The molecule has 2 nitrogen and oxygen atoms in total. The quantitative estimate of drug-likeness (QED) is 0.379. The Hall–Kier alpha value is -0.530. The van der Waals surface area contributed by atoms with E-state index >= 15 is 0 Å². The van der Waals surface area contributed by atoms with Gasteiger partial charge in [0, 0.05) is 5.41 Å². The highest BCUT2D eigenvalue weighted by Gasteiger charge is 2.42. The maximum absolute atomic E-state index is 8.74. The van der Waals surface area contributed by atoms with E-state index in [1.807, 2.05) is 0 Å². The second kappa shape index (κ2) is 2.84. The Kier molecular flexibility index (Phi) is 2.21. The van der Waals surface area contributed by atoms with Gasteiger partial charge in [-0.15, -0.1) is 0 Å². The molecule has 1 fully saturated rings. The van der Waals surface area contributed by atoms with E-state index < -0.39 is 0 Å². The third-order valence-corrected chi connectivity index (χ3v) is 2.42. The molecule has 0 heterocycles. The lowest BCUT2D eigenvalue weighted by Crippen LogP contribution is -2.14. The number of nitrogens with zero attached hydrogens (tertiary/aromatic N) is 1. The first-order valence-electron chi connectivity index (χ1n) is 4.30. The van der Waals surface area contributed by atoms with E-state index in [-0.39, 0.29) is 5.41 Å². The summed E-state index contributed by atoms with van der Waals surface area (Å²) in [6.07, 6.45) is 3.32. The number of rotatable bonds is 3. The largest absolute Gasteiger partial charge is 0.411 e. The SMILES string of the molecule is CC(C)CC(=NO)C1(C)CC1. The normalized spacial score (nSPS) is 22.4. The molecule has 0 bridgehead atoms. The third kappa shape index (κ3) is 1.95. The van der Waals surface area contributed by atoms with Crippen LogP contribution in [-0.4, -0.2) is 10.9 Å². The lowest BCUT2D eigenvalue weighted by atomic mass is 9.95. The molecule has 64 valence electrons. The van der Waals surface area contributed by atoms with Crippen molar-refractivity contribution < 1.29 is 5.21 Å². The Morgan fingerprint density at radius 1 is 1.55 bits per heavy atom. The van der Waals surface area contributed by atoms with Crippen LogP contribution in [0.3, 0.4) is 0 Å². The fourth-order valence-corrected chi connectivity index (χ4v) is 1.27. The fourth-order valence-electron chi connectivity index (χ4n) is 1.27. The van der Waals surface area contributed by atoms with Gasteiger partial charge in [-0.1, -0.05) is 25.9 Å². The predicted octanol–water partition coefficient (Wildman–Crippen LogP) is 2.66. The van der Waals surface area contributed by atoms with Crippen molar-refractivity contribution >= 4 is 5.71 Å². The van der Waals surface area contributed by atoms with Crippen molar-refractivity contribution in [1.29, 1.82) is 0 Å². The Balaban J connectivity index is 2.51. The van der Waals surface area contributed by atoms with Gasteiger partial charge >= 0.3 is 0 Å². The highest BCUT2D eigenvalue weighted by atomic mass is 16.4. The lowest BCUT2D eigenvalue weighted by Gasteiger charge is -2.12. The van der Waals surface area contributed by atoms with E-state index in [0.29, 0.717) is 5.92 Å². The Labute approximate surface area is 68.3 Å². The Morgan fingerprint density at radius 3 is 2.36 bits per heavy atom. The van der Waals surface area contributed by atoms with Crippen LogP contribution in [0, 0.1) is 11.3 Å². The molecule has 0 amide bonds. The van der Waals surface area contributed by atoms with Crippen LogP contribution < -0.4 is 0 Å². The molecule has 0 unspecified atom stereocenters. The van der Waals surface area contributed by atoms with Gasteiger partial charge in [-0.2, -0.15) is 0 Å². The van der Waals surface area contributed by atoms with Gasteiger partial charge in [0.1, 0.15) is 0 Å². The monoisotopic (exact) mass is 155 g/mol. The summed E-state index contributed by atoms with van der Waals surface area (Å²) in [4.78, 5) is 0. The maximum atomic E-state index is 8.74. The minimum absolute atomic E-state index is 0.249. The summed E-state index contributed by atoms with van der Waals surface area (Å²) in [5.74, 6) is 0.596. The van der Waals surface area contributed by atoms with E-state index in [1.165, 1.54) is 12.8 Å². The van der Waals surface area contributed by atoms with Gasteiger partial charge in [0.05, 0.1) is 5.71 Å². The maximum Gasteiger partial charge on any atom is 0.0632 e. The molecule has 0 atom stereocenters. The summed E-state index contributed by atoms with van der Waals surface area (Å²) in [5.41, 5.74) is 1.24. The van der Waals surface area contributed by atoms with Crippen LogP contribution in [0.25, 0.3) is 0 Å². The van der Waals surface area contributed by atoms with E-state index in [2.05, 4.69) is 25.9 Å². The van der Waals surface area contributed by atoms with E-state index in [1.54, 1.807) is 0 Å². The zero-order chi connectivity index (χ0) is 8.48. The van der Waals surface area contributed by atoms with Crippen molar-refractivity contribution in [3.8, 4) is 0 Å². The smallest absolute Gasteiger partial charge is 0.0632 e. The van der Waals surface area contributed by atoms with Gasteiger partial charge in [-0.05, 0) is 25.2 Å². The summed E-state index contributed by atoms with van der Waals surface area (Å²) in [5, 5.41) is 12.1. The number of hydrogen-bond donors (Lipinski definition) is 1. The second-order valence-electron chi connectivity index (χ2n) is 4.21. The van der Waals surface area contributed by atoms with Crippen LogP contribution in [0.4, 0.5) is 0 Å². The van der Waals surface area contributed by atoms with E-state index in [0.717, 1.165) is 12.1 Å². The van der Waals surface area contributed by atoms with Gasteiger partial charge < -0.3 is 5.21 Å². The molecular weight excluding hydrogens is 138 g/mol. The summed E-state index contributed by atoms with van der Waals surface area (Å²) in [6.45, 7) is 6.47. The first-order chi connectivity index (χ1) is 5.08. The van der Waals surface area contributed by atoms with E-state index in [4.69, 9.17) is 5.21 Å². The Bertz CT molecular complexity index is 168. The zero-order valence-electron chi connectivity index (χ0n) is 7.59.